The van der Waals surface area contributed by atoms with Crippen LogP contribution >= 0.6 is 0 Å². The molecule has 0 N–H and O–H groups in total. The number of ether oxygens (including phenoxy) is 6. The molecule has 0 unspecified atom stereocenters. The van der Waals surface area contributed by atoms with Crippen molar-refractivity contribution in [1.29, 1.82) is 0 Å². The fraction of sp³-hybridized carbons (Fsp3) is 0.600. The first-order chi connectivity index (χ1) is 22.1. The minimum Gasteiger partial charge on any atom is -0.496 e. The van der Waals surface area contributed by atoms with Gasteiger partial charge < -0.3 is 37.7 Å². The molecule has 1 fully saturated rings. The van der Waals surface area contributed by atoms with Crippen LogP contribution in [0.3, 0.4) is 0 Å². The summed E-state index contributed by atoms with van der Waals surface area (Å²) in [6.07, 6.45) is 0.364. The second-order valence-electron chi connectivity index (χ2n) is 14.1. The molecule has 2 aromatic rings. The topological polar surface area (TPSA) is 105 Å². The van der Waals surface area contributed by atoms with Gasteiger partial charge in [0.1, 0.15) is 17.5 Å². The molecule has 3 aliphatic rings. The second-order valence-corrected chi connectivity index (χ2v) is 18.9. The lowest BCUT2D eigenvalue weighted by molar-refractivity contribution is -0.154. The van der Waals surface area contributed by atoms with Crippen molar-refractivity contribution >= 4 is 20.0 Å². The molecule has 0 aromatic heterocycles. The van der Waals surface area contributed by atoms with Crippen molar-refractivity contribution in [3.63, 3.8) is 0 Å². The summed E-state index contributed by atoms with van der Waals surface area (Å²) in [5, 5.41) is -0.0909. The summed E-state index contributed by atoms with van der Waals surface area (Å²) < 4.78 is 42.6. The number of nitrogens with zero attached hydrogens (tertiary/aromatic N) is 2. The highest BCUT2D eigenvalue weighted by molar-refractivity contribution is 6.74. The maximum Gasteiger partial charge on any atom is 0.241 e. The molecule has 47 heavy (non-hydrogen) atoms. The molecule has 3 aliphatic heterocycles. The van der Waals surface area contributed by atoms with E-state index in [9.17, 15) is 4.79 Å². The molecule has 3 heterocycles. The zero-order chi connectivity index (χ0) is 34.9. The summed E-state index contributed by atoms with van der Waals surface area (Å²) in [5.74, 6) is 2.48. The van der Waals surface area contributed by atoms with Crippen molar-refractivity contribution < 1.29 is 42.4 Å². The maximum absolute atomic E-state index is 15.2. The Kier molecular flexibility index (Phi) is 9.04. The number of hydrogen-bond acceptors (Lipinski definition) is 10. The summed E-state index contributed by atoms with van der Waals surface area (Å²) in [7, 11) is 9.02. The number of carbonyl (C=O) groups excluding carboxylic acids is 2. The number of amides is 1. The first kappa shape index (κ1) is 34.8. The molecule has 0 radical (unpaired) electrons. The highest BCUT2D eigenvalue weighted by Crippen LogP contribution is 2.58. The fourth-order valence-electron chi connectivity index (χ4n) is 7.62. The van der Waals surface area contributed by atoms with E-state index in [0.29, 0.717) is 57.6 Å². The third kappa shape index (κ3) is 4.89. The van der Waals surface area contributed by atoms with E-state index in [1.54, 1.807) is 47.6 Å². The third-order valence-electron chi connectivity index (χ3n) is 10.9. The summed E-state index contributed by atoms with van der Waals surface area (Å²) in [4.78, 5) is 33.8. The van der Waals surface area contributed by atoms with Crippen molar-refractivity contribution in [3.8, 4) is 34.5 Å². The zero-order valence-electron chi connectivity index (χ0n) is 30.3. The lowest BCUT2D eigenvalue weighted by Gasteiger charge is -2.57. The van der Waals surface area contributed by atoms with E-state index in [4.69, 9.17) is 32.8 Å². The van der Waals surface area contributed by atoms with Crippen LogP contribution in [0.2, 0.25) is 18.1 Å². The largest absolute Gasteiger partial charge is 0.496 e. The average Bonchev–Trinajstić information content (AvgIpc) is 3.01. The average molecular weight is 671 g/mol. The van der Waals surface area contributed by atoms with Gasteiger partial charge in [0.05, 0.1) is 73.0 Å². The van der Waals surface area contributed by atoms with Gasteiger partial charge in [-0.15, -0.1) is 0 Å². The van der Waals surface area contributed by atoms with Gasteiger partial charge >= 0.3 is 0 Å². The quantitative estimate of drug-likeness (QED) is 0.321. The van der Waals surface area contributed by atoms with Gasteiger partial charge in [-0.3, -0.25) is 14.5 Å². The van der Waals surface area contributed by atoms with E-state index in [-0.39, 0.29) is 23.3 Å². The van der Waals surface area contributed by atoms with Gasteiger partial charge in [0, 0.05) is 34.2 Å². The van der Waals surface area contributed by atoms with E-state index >= 15 is 4.79 Å². The Labute approximate surface area is 279 Å². The van der Waals surface area contributed by atoms with Gasteiger partial charge in [0.25, 0.3) is 0 Å². The standard InChI is InChI=1S/C35H50N2O9Si/c1-17-28(40-7)19-15-20-34(39)37-21(16-46-47(13,14)35(3,4)5)23-24(29(41-8)18(2)31(43-10)33(23)45-12)27(38)26(37)25(36(20)6)22(19)32(44-11)30(17)42-9/h20-21,25-26H,15-16H2,1-14H3/t20-,21-,25+,26+/m0/s1. The van der Waals surface area contributed by atoms with Gasteiger partial charge in [-0.2, -0.15) is 0 Å². The van der Waals surface area contributed by atoms with Gasteiger partial charge in [-0.1, -0.05) is 20.8 Å². The second kappa shape index (κ2) is 12.2. The number of carbonyl (C=O) groups is 2. The number of fused-ring (bicyclic) bond motifs is 7. The van der Waals surface area contributed by atoms with Crippen molar-refractivity contribution in [2.24, 2.45) is 0 Å². The maximum atomic E-state index is 15.2. The minimum atomic E-state index is -2.32. The van der Waals surface area contributed by atoms with Gasteiger partial charge in [0.15, 0.2) is 37.1 Å². The number of rotatable bonds is 9. The monoisotopic (exact) mass is 670 g/mol. The third-order valence-corrected chi connectivity index (χ3v) is 15.4. The van der Waals surface area contributed by atoms with Crippen molar-refractivity contribution in [1.82, 2.24) is 9.80 Å². The van der Waals surface area contributed by atoms with Crippen LogP contribution in [0, 0.1) is 13.8 Å². The summed E-state index contributed by atoms with van der Waals surface area (Å²) in [5.41, 5.74) is 3.91. The Balaban J connectivity index is 1.87. The summed E-state index contributed by atoms with van der Waals surface area (Å²) in [6, 6.07) is -2.78. The number of piperazine rings is 1. The number of methoxy groups -OCH3 is 6. The number of likely N-dealkylation sites (N-methyl/N-ethyl adjacent to an activating group) is 1. The van der Waals surface area contributed by atoms with Crippen LogP contribution in [-0.2, 0) is 15.6 Å². The Hall–Kier alpha value is -3.48. The molecule has 258 valence electrons. The van der Waals surface area contributed by atoms with E-state index in [2.05, 4.69) is 33.9 Å². The molecule has 1 amide bonds. The molecule has 2 bridgehead atoms. The highest BCUT2D eigenvalue weighted by Gasteiger charge is 2.60. The molecule has 0 aliphatic carbocycles. The number of ketones is 1. The first-order valence-electron chi connectivity index (χ1n) is 15.9. The molecule has 4 atom stereocenters. The van der Waals surface area contributed by atoms with Gasteiger partial charge in [-0.25, -0.2) is 0 Å². The highest BCUT2D eigenvalue weighted by atomic mass is 28.4. The molecule has 5 rings (SSSR count). The molecular weight excluding hydrogens is 620 g/mol. The van der Waals surface area contributed by atoms with Crippen LogP contribution < -0.4 is 28.4 Å². The summed E-state index contributed by atoms with van der Waals surface area (Å²) in [6.45, 7) is 14.8. The minimum absolute atomic E-state index is 0.0909. The molecule has 11 nitrogen and oxygen atoms in total. The van der Waals surface area contributed by atoms with Crippen molar-refractivity contribution in [3.05, 3.63) is 33.4 Å². The van der Waals surface area contributed by atoms with Gasteiger partial charge in [-0.05, 0) is 39.0 Å². The molecule has 12 heteroatoms. The number of Topliss-reactive ketones (excluding diaryl/α,β-unsaturated/α-hetero) is 1. The van der Waals surface area contributed by atoms with Gasteiger partial charge in [0.2, 0.25) is 5.91 Å². The lowest BCUT2D eigenvalue weighted by atomic mass is 9.72. The van der Waals surface area contributed by atoms with Crippen LogP contribution in [-0.4, -0.2) is 98.2 Å². The number of benzene rings is 2. The smallest absolute Gasteiger partial charge is 0.241 e. The lowest BCUT2D eigenvalue weighted by Crippen LogP contribution is -2.69. The van der Waals surface area contributed by atoms with E-state index < -0.39 is 32.5 Å². The van der Waals surface area contributed by atoms with E-state index in [0.717, 1.165) is 16.7 Å². The first-order valence-corrected chi connectivity index (χ1v) is 18.8. The Bertz CT molecular complexity index is 1620. The van der Waals surface area contributed by atoms with Crippen LogP contribution in [0.15, 0.2) is 0 Å². The molecule has 0 saturated carbocycles. The SMILES string of the molecule is COc1c(C)c(OC)c(OC)c2c1C[C@H]1C(=O)N3[C@@H](CO[Si](C)(C)C(C)(C)C)c4c(OC)c(OC)c(C)c(OC)c4C(=O)[C@H]3[C@@H]2N1C. The van der Waals surface area contributed by atoms with Crippen LogP contribution in [0.1, 0.15) is 71.0 Å². The Morgan fingerprint density at radius 3 is 1.70 bits per heavy atom. The predicted octanol–water partition coefficient (Wildman–Crippen LogP) is 5.42. The van der Waals surface area contributed by atoms with E-state index in [1.165, 1.54) is 0 Å². The number of hydrogen-bond donors (Lipinski definition) is 0. The Morgan fingerprint density at radius 2 is 1.21 bits per heavy atom. The van der Waals surface area contributed by atoms with Crippen molar-refractivity contribution in [2.45, 2.75) is 83.3 Å². The molecule has 2 aromatic carbocycles. The van der Waals surface area contributed by atoms with Crippen molar-refractivity contribution in [2.75, 3.05) is 56.3 Å². The molecule has 0 spiro atoms. The van der Waals surface area contributed by atoms with Crippen LogP contribution in [0.5, 0.6) is 34.5 Å². The fourth-order valence-corrected chi connectivity index (χ4v) is 8.62. The van der Waals surface area contributed by atoms with Crippen LogP contribution in [0.4, 0.5) is 0 Å². The molecule has 1 saturated heterocycles. The molecular formula is C35H50N2O9Si. The zero-order valence-corrected chi connectivity index (χ0v) is 31.3. The normalized spacial score (nSPS) is 22.3. The Morgan fingerprint density at radius 1 is 0.723 bits per heavy atom. The van der Waals surface area contributed by atoms with E-state index in [1.807, 2.05) is 25.8 Å². The van der Waals surface area contributed by atoms with Crippen LogP contribution in [0.25, 0.3) is 0 Å². The summed E-state index contributed by atoms with van der Waals surface area (Å²) >= 11 is 0. The predicted molar refractivity (Wildman–Crippen MR) is 181 cm³/mol.